The van der Waals surface area contributed by atoms with Crippen LogP contribution in [0.2, 0.25) is 0 Å². The summed E-state index contributed by atoms with van der Waals surface area (Å²) in [6.45, 7) is 0.502. The molecular formula is C22H37N5O14. The maximum atomic E-state index is 12.3. The van der Waals surface area contributed by atoms with Crippen molar-refractivity contribution in [1.29, 1.82) is 0 Å². The average Bonchev–Trinajstić information content (AvgIpc) is 2.91. The van der Waals surface area contributed by atoms with Gasteiger partial charge in [0.15, 0.2) is 6.29 Å². The van der Waals surface area contributed by atoms with Crippen LogP contribution in [0.5, 0.6) is 0 Å². The largest absolute Gasteiger partial charge is 0.477 e. The van der Waals surface area contributed by atoms with Crippen LogP contribution in [0.1, 0.15) is 26.7 Å². The van der Waals surface area contributed by atoms with Crippen molar-refractivity contribution in [2.45, 2.75) is 93.6 Å². The third-order valence-electron chi connectivity index (χ3n) is 6.49. The SMILES string of the molecule is CC(=O)N[C@H]1[C@@H](OCCCN=[N+]=[N-])O[C@H](CO[C@]2(C(=O)O)C[C@H](O)[C@@H](NC(C)=O)[C@H]([C@H](O)[C@H](O)CO)O2)[C@H](O)[C@@H]1O. The molecular weight excluding hydrogens is 558 g/mol. The van der Waals surface area contributed by atoms with Gasteiger partial charge in [0.05, 0.1) is 25.4 Å². The number of aliphatic hydroxyl groups is 6. The van der Waals surface area contributed by atoms with Crippen LogP contribution in [-0.2, 0) is 33.3 Å². The van der Waals surface area contributed by atoms with Gasteiger partial charge >= 0.3 is 5.97 Å². The number of aliphatic hydroxyl groups excluding tert-OH is 6. The van der Waals surface area contributed by atoms with E-state index in [1.165, 1.54) is 0 Å². The van der Waals surface area contributed by atoms with Crippen LogP contribution in [0.3, 0.4) is 0 Å². The summed E-state index contributed by atoms with van der Waals surface area (Å²) in [6, 6.07) is -2.67. The zero-order chi connectivity index (χ0) is 30.9. The second kappa shape index (κ2) is 15.5. The van der Waals surface area contributed by atoms with Crippen molar-refractivity contribution < 1.29 is 69.1 Å². The van der Waals surface area contributed by atoms with E-state index in [9.17, 15) is 50.1 Å². The van der Waals surface area contributed by atoms with Crippen LogP contribution in [0.15, 0.2) is 5.11 Å². The number of carboxylic acids is 1. The first-order valence-electron chi connectivity index (χ1n) is 12.7. The molecule has 19 nitrogen and oxygen atoms in total. The highest BCUT2D eigenvalue weighted by Crippen LogP contribution is 2.34. The molecule has 2 amide bonds. The summed E-state index contributed by atoms with van der Waals surface area (Å²) in [5.41, 5.74) is 8.38. The molecule has 0 aromatic rings. The van der Waals surface area contributed by atoms with Gasteiger partial charge in [-0.1, -0.05) is 5.11 Å². The van der Waals surface area contributed by atoms with Crippen molar-refractivity contribution >= 4 is 17.8 Å². The Morgan fingerprint density at radius 1 is 1.12 bits per heavy atom. The minimum absolute atomic E-state index is 0.0538. The number of carbonyl (C=O) groups excluding carboxylic acids is 2. The van der Waals surface area contributed by atoms with Crippen molar-refractivity contribution in [3.63, 3.8) is 0 Å². The highest BCUT2D eigenvalue weighted by Gasteiger charge is 2.56. The van der Waals surface area contributed by atoms with E-state index in [-0.39, 0.29) is 19.6 Å². The smallest absolute Gasteiger partial charge is 0.364 e. The molecule has 0 unspecified atom stereocenters. The summed E-state index contributed by atoms with van der Waals surface area (Å²) in [6.07, 6.45) is -14.2. The van der Waals surface area contributed by atoms with Gasteiger partial charge in [-0.05, 0) is 12.0 Å². The molecule has 9 N–H and O–H groups in total. The first-order chi connectivity index (χ1) is 19.3. The van der Waals surface area contributed by atoms with Gasteiger partial charge in [0, 0.05) is 38.3 Å². The molecule has 234 valence electrons. The number of hydrogen-bond acceptors (Lipinski definition) is 14. The molecule has 2 heterocycles. The summed E-state index contributed by atoms with van der Waals surface area (Å²) < 4.78 is 22.2. The first kappa shape index (κ1) is 34.5. The topological polar surface area (TPSA) is 303 Å². The number of nitrogens with one attached hydrogen (secondary N) is 2. The van der Waals surface area contributed by atoms with Gasteiger partial charge in [-0.15, -0.1) is 0 Å². The molecule has 0 aromatic heterocycles. The average molecular weight is 596 g/mol. The van der Waals surface area contributed by atoms with Crippen LogP contribution >= 0.6 is 0 Å². The molecule has 2 saturated heterocycles. The summed E-state index contributed by atoms with van der Waals surface area (Å²) >= 11 is 0. The number of nitrogens with zero attached hydrogens (tertiary/aromatic N) is 3. The van der Waals surface area contributed by atoms with Gasteiger partial charge in [0.1, 0.15) is 42.7 Å². The Kier molecular flexibility index (Phi) is 13.1. The lowest BCUT2D eigenvalue weighted by molar-refractivity contribution is -0.330. The zero-order valence-electron chi connectivity index (χ0n) is 22.3. The maximum absolute atomic E-state index is 12.3. The Hall–Kier alpha value is -2.68. The fraction of sp³-hybridized carbons (Fsp3) is 0.864. The number of ether oxygens (including phenoxy) is 4. The van der Waals surface area contributed by atoms with E-state index in [0.29, 0.717) is 0 Å². The standard InChI is InChI=1S/C22H37N5O14/c1-9(29)25-14-11(31)6-22(21(36)37,41-19(14)16(33)12(32)7-28)39-8-13-17(34)18(35)15(26-10(2)30)20(40-13)38-5-3-4-24-27-23/h11-20,28,31-35H,3-8H2,1-2H3,(H,25,29)(H,26,30)(H,36,37)/t11-,12+,13+,14+,15+,16+,17-,18+,19+,20-,22+/m0/s1. The molecule has 2 rings (SSSR count). The molecule has 0 spiro atoms. The van der Waals surface area contributed by atoms with E-state index in [1.54, 1.807) is 0 Å². The highest BCUT2D eigenvalue weighted by molar-refractivity contribution is 5.76. The molecule has 19 heteroatoms. The van der Waals surface area contributed by atoms with Gasteiger partial charge in [0.25, 0.3) is 5.79 Å². The van der Waals surface area contributed by atoms with Crippen molar-refractivity contribution in [3.8, 4) is 0 Å². The molecule has 2 aliphatic rings. The van der Waals surface area contributed by atoms with Gasteiger partial charge < -0.3 is 65.3 Å². The fourth-order valence-corrected chi connectivity index (χ4v) is 4.47. The third-order valence-corrected chi connectivity index (χ3v) is 6.49. The second-order valence-corrected chi connectivity index (χ2v) is 9.62. The van der Waals surface area contributed by atoms with E-state index < -0.39 is 104 Å². The van der Waals surface area contributed by atoms with Crippen molar-refractivity contribution in [1.82, 2.24) is 10.6 Å². The molecule has 0 radical (unpaired) electrons. The first-order valence-corrected chi connectivity index (χ1v) is 12.7. The highest BCUT2D eigenvalue weighted by atomic mass is 16.7. The number of azide groups is 1. The molecule has 0 saturated carbocycles. The van der Waals surface area contributed by atoms with E-state index >= 15 is 0 Å². The molecule has 2 aliphatic heterocycles. The number of aliphatic carboxylic acids is 1. The summed E-state index contributed by atoms with van der Waals surface area (Å²) in [4.78, 5) is 38.3. The Balaban J connectivity index is 2.27. The number of carboxylic acid groups (broad SMARTS) is 1. The Morgan fingerprint density at radius 2 is 1.76 bits per heavy atom. The normalized spacial score (nSPS) is 35.0. The number of amides is 2. The zero-order valence-corrected chi connectivity index (χ0v) is 22.3. The summed E-state index contributed by atoms with van der Waals surface area (Å²) in [5.74, 6) is -5.77. The van der Waals surface area contributed by atoms with E-state index in [0.717, 1.165) is 13.8 Å². The number of carbonyl (C=O) groups is 3. The molecule has 0 aromatic carbocycles. The Bertz CT molecular complexity index is 954. The Labute approximate surface area is 233 Å². The summed E-state index contributed by atoms with van der Waals surface area (Å²) in [5, 5.41) is 79.8. The van der Waals surface area contributed by atoms with Gasteiger partial charge in [0.2, 0.25) is 11.8 Å². The van der Waals surface area contributed by atoms with Crippen molar-refractivity contribution in [2.75, 3.05) is 26.4 Å². The van der Waals surface area contributed by atoms with Gasteiger partial charge in [-0.3, -0.25) is 9.59 Å². The van der Waals surface area contributed by atoms with Crippen LogP contribution in [0, 0.1) is 0 Å². The fourth-order valence-electron chi connectivity index (χ4n) is 4.47. The second-order valence-electron chi connectivity index (χ2n) is 9.62. The summed E-state index contributed by atoms with van der Waals surface area (Å²) in [7, 11) is 0. The predicted octanol–water partition coefficient (Wildman–Crippen LogP) is -4.18. The number of hydrogen-bond donors (Lipinski definition) is 9. The minimum atomic E-state index is -2.72. The van der Waals surface area contributed by atoms with E-state index in [1.807, 2.05) is 0 Å². The van der Waals surface area contributed by atoms with Crippen molar-refractivity contribution in [3.05, 3.63) is 10.4 Å². The molecule has 41 heavy (non-hydrogen) atoms. The van der Waals surface area contributed by atoms with Crippen LogP contribution in [0.4, 0.5) is 0 Å². The van der Waals surface area contributed by atoms with Crippen LogP contribution in [0.25, 0.3) is 10.4 Å². The molecule has 0 aliphatic carbocycles. The van der Waals surface area contributed by atoms with Crippen molar-refractivity contribution in [2.24, 2.45) is 5.11 Å². The number of rotatable bonds is 14. The maximum Gasteiger partial charge on any atom is 0.364 e. The molecule has 2 fully saturated rings. The lowest BCUT2D eigenvalue weighted by atomic mass is 9.88. The minimum Gasteiger partial charge on any atom is -0.477 e. The quantitative estimate of drug-likeness (QED) is 0.0398. The van der Waals surface area contributed by atoms with E-state index in [2.05, 4.69) is 20.7 Å². The predicted molar refractivity (Wildman–Crippen MR) is 131 cm³/mol. The Morgan fingerprint density at radius 3 is 2.32 bits per heavy atom. The lowest BCUT2D eigenvalue weighted by Crippen LogP contribution is -2.69. The van der Waals surface area contributed by atoms with Crippen LogP contribution in [-0.4, -0.2) is 147 Å². The molecule has 0 bridgehead atoms. The van der Waals surface area contributed by atoms with E-state index in [4.69, 9.17) is 24.5 Å². The van der Waals surface area contributed by atoms with Gasteiger partial charge in [-0.25, -0.2) is 4.79 Å². The third kappa shape index (κ3) is 8.90. The monoisotopic (exact) mass is 595 g/mol. The lowest BCUT2D eigenvalue weighted by Gasteiger charge is -2.47. The van der Waals surface area contributed by atoms with Crippen LogP contribution < -0.4 is 10.6 Å². The van der Waals surface area contributed by atoms with Gasteiger partial charge in [-0.2, -0.15) is 0 Å². The molecule has 11 atom stereocenters.